The third-order valence-electron chi connectivity index (χ3n) is 2.76. The van der Waals surface area contributed by atoms with Crippen LogP contribution < -0.4 is 4.74 Å². The molecule has 0 radical (unpaired) electrons. The van der Waals surface area contributed by atoms with Gasteiger partial charge in [0.2, 0.25) is 5.28 Å². The molecule has 0 bridgehead atoms. The van der Waals surface area contributed by atoms with Gasteiger partial charge in [-0.2, -0.15) is 20.1 Å². The summed E-state index contributed by atoms with van der Waals surface area (Å²) >= 11 is 5.93. The maximum atomic E-state index is 5.93. The van der Waals surface area contributed by atoms with Crippen molar-refractivity contribution in [3.8, 4) is 12.0 Å². The van der Waals surface area contributed by atoms with Crippen molar-refractivity contribution in [2.75, 3.05) is 6.61 Å². The summed E-state index contributed by atoms with van der Waals surface area (Å²) in [7, 11) is 0. The molecule has 0 amide bonds. The van der Waals surface area contributed by atoms with Crippen molar-refractivity contribution in [1.82, 2.24) is 24.7 Å². The van der Waals surface area contributed by atoms with Crippen molar-refractivity contribution in [3.63, 3.8) is 0 Å². The summed E-state index contributed by atoms with van der Waals surface area (Å²) < 4.78 is 7.12. The van der Waals surface area contributed by atoms with Gasteiger partial charge in [0.25, 0.3) is 5.95 Å². The Hall–Kier alpha value is -1.69. The van der Waals surface area contributed by atoms with E-state index >= 15 is 0 Å². The van der Waals surface area contributed by atoms with Gasteiger partial charge < -0.3 is 4.74 Å². The average Bonchev–Trinajstić information content (AvgIpc) is 2.88. The fourth-order valence-electron chi connectivity index (χ4n) is 1.75. The molecule has 2 aromatic heterocycles. The van der Waals surface area contributed by atoms with Gasteiger partial charge in [0.15, 0.2) is 0 Å². The molecular weight excluding hydrogens is 278 g/mol. The quantitative estimate of drug-likeness (QED) is 0.819. The molecule has 0 spiro atoms. The summed E-state index contributed by atoms with van der Waals surface area (Å²) in [6.45, 7) is 6.67. The van der Waals surface area contributed by atoms with Crippen LogP contribution in [0, 0.1) is 0 Å². The van der Waals surface area contributed by atoms with E-state index in [-0.39, 0.29) is 11.3 Å². The first-order chi connectivity index (χ1) is 9.67. The monoisotopic (exact) mass is 295 g/mol. The van der Waals surface area contributed by atoms with Crippen LogP contribution in [-0.2, 0) is 12.8 Å². The van der Waals surface area contributed by atoms with E-state index in [2.05, 4.69) is 33.9 Å². The minimum absolute atomic E-state index is 0.108. The highest BCUT2D eigenvalue weighted by Gasteiger charge is 2.13. The second kappa shape index (κ2) is 6.65. The predicted octanol–water partition coefficient (Wildman–Crippen LogP) is 2.62. The Morgan fingerprint density at radius 1 is 1.15 bits per heavy atom. The maximum absolute atomic E-state index is 5.93. The highest BCUT2D eigenvalue weighted by Crippen LogP contribution is 2.15. The lowest BCUT2D eigenvalue weighted by Gasteiger charge is -2.07. The minimum atomic E-state index is 0.108. The summed E-state index contributed by atoms with van der Waals surface area (Å²) in [6.07, 6.45) is 2.57. The van der Waals surface area contributed by atoms with E-state index in [1.807, 2.05) is 13.0 Å². The molecule has 0 N–H and O–H groups in total. The van der Waals surface area contributed by atoms with Crippen molar-refractivity contribution in [2.45, 2.75) is 40.0 Å². The highest BCUT2D eigenvalue weighted by molar-refractivity contribution is 6.28. The fourth-order valence-corrected chi connectivity index (χ4v) is 1.90. The van der Waals surface area contributed by atoms with Crippen molar-refractivity contribution >= 4 is 11.6 Å². The standard InChI is InChI=1S/C13H18ClN5O/c1-4-7-20-13-16-11(14)15-12(17-13)19-10(6-3)8-9(5-2)18-19/h8H,4-7H2,1-3H3. The Kier molecular flexibility index (Phi) is 4.89. The number of ether oxygens (including phenoxy) is 1. The van der Waals surface area contributed by atoms with E-state index in [4.69, 9.17) is 16.3 Å². The topological polar surface area (TPSA) is 65.7 Å². The summed E-state index contributed by atoms with van der Waals surface area (Å²) in [5.74, 6) is 0.396. The average molecular weight is 296 g/mol. The molecule has 0 atom stereocenters. The van der Waals surface area contributed by atoms with E-state index in [0.717, 1.165) is 30.7 Å². The number of hydrogen-bond donors (Lipinski definition) is 0. The van der Waals surface area contributed by atoms with Gasteiger partial charge in [0.1, 0.15) is 0 Å². The summed E-state index contributed by atoms with van der Waals surface area (Å²) in [5.41, 5.74) is 2.03. The summed E-state index contributed by atoms with van der Waals surface area (Å²) in [6, 6.07) is 2.28. The molecule has 0 aliphatic rings. The zero-order chi connectivity index (χ0) is 14.5. The van der Waals surface area contributed by atoms with E-state index < -0.39 is 0 Å². The number of aromatic nitrogens is 5. The molecule has 6 nitrogen and oxygen atoms in total. The van der Waals surface area contributed by atoms with Crippen molar-refractivity contribution in [2.24, 2.45) is 0 Å². The van der Waals surface area contributed by atoms with Crippen molar-refractivity contribution in [3.05, 3.63) is 22.7 Å². The zero-order valence-corrected chi connectivity index (χ0v) is 12.7. The lowest BCUT2D eigenvalue weighted by molar-refractivity contribution is 0.290. The van der Waals surface area contributed by atoms with Crippen LogP contribution in [0.15, 0.2) is 6.07 Å². The van der Waals surface area contributed by atoms with Crippen LogP contribution in [0.25, 0.3) is 5.95 Å². The number of aryl methyl sites for hydroxylation is 2. The third kappa shape index (κ3) is 3.25. The molecule has 0 saturated carbocycles. The molecule has 20 heavy (non-hydrogen) atoms. The van der Waals surface area contributed by atoms with E-state index in [0.29, 0.717) is 12.6 Å². The van der Waals surface area contributed by atoms with Crippen LogP contribution in [-0.4, -0.2) is 31.3 Å². The Balaban J connectivity index is 2.40. The first kappa shape index (κ1) is 14.7. The highest BCUT2D eigenvalue weighted by atomic mass is 35.5. The predicted molar refractivity (Wildman–Crippen MR) is 76.5 cm³/mol. The lowest BCUT2D eigenvalue weighted by Crippen LogP contribution is -2.10. The Morgan fingerprint density at radius 3 is 2.60 bits per heavy atom. The van der Waals surface area contributed by atoms with Crippen LogP contribution in [0.2, 0.25) is 5.28 Å². The molecule has 7 heteroatoms. The molecule has 0 aromatic carbocycles. The molecule has 0 saturated heterocycles. The summed E-state index contributed by atoms with van der Waals surface area (Å²) in [4.78, 5) is 12.4. The van der Waals surface area contributed by atoms with Crippen LogP contribution >= 0.6 is 11.6 Å². The molecule has 0 fully saturated rings. The molecular formula is C13H18ClN5O. The van der Waals surface area contributed by atoms with Gasteiger partial charge >= 0.3 is 6.01 Å². The number of rotatable bonds is 6. The molecule has 0 aliphatic heterocycles. The van der Waals surface area contributed by atoms with Crippen LogP contribution in [0.1, 0.15) is 38.6 Å². The molecule has 0 unspecified atom stereocenters. The normalized spacial score (nSPS) is 10.8. The van der Waals surface area contributed by atoms with E-state index in [9.17, 15) is 0 Å². The SMILES string of the molecule is CCCOc1nc(Cl)nc(-n2nc(CC)cc2CC)n1. The van der Waals surface area contributed by atoms with Crippen LogP contribution in [0.5, 0.6) is 6.01 Å². The zero-order valence-electron chi connectivity index (χ0n) is 11.9. The van der Waals surface area contributed by atoms with E-state index in [1.165, 1.54) is 0 Å². The van der Waals surface area contributed by atoms with Gasteiger partial charge in [-0.3, -0.25) is 0 Å². The molecule has 2 rings (SSSR count). The van der Waals surface area contributed by atoms with Crippen molar-refractivity contribution < 1.29 is 4.74 Å². The second-order valence-electron chi connectivity index (χ2n) is 4.28. The number of hydrogen-bond acceptors (Lipinski definition) is 5. The van der Waals surface area contributed by atoms with Gasteiger partial charge in [-0.15, -0.1) is 0 Å². The first-order valence-corrected chi connectivity index (χ1v) is 7.18. The van der Waals surface area contributed by atoms with Gasteiger partial charge in [-0.05, 0) is 36.9 Å². The van der Waals surface area contributed by atoms with Crippen LogP contribution in [0.4, 0.5) is 0 Å². The Bertz CT molecular complexity index is 584. The lowest BCUT2D eigenvalue weighted by atomic mass is 10.3. The van der Waals surface area contributed by atoms with Gasteiger partial charge in [0.05, 0.1) is 12.3 Å². The van der Waals surface area contributed by atoms with Gasteiger partial charge in [0, 0.05) is 5.69 Å². The van der Waals surface area contributed by atoms with E-state index in [1.54, 1.807) is 4.68 Å². The third-order valence-corrected chi connectivity index (χ3v) is 2.93. The van der Waals surface area contributed by atoms with Gasteiger partial charge in [-0.25, -0.2) is 4.68 Å². The van der Waals surface area contributed by atoms with Crippen LogP contribution in [0.3, 0.4) is 0 Å². The minimum Gasteiger partial charge on any atom is -0.463 e. The maximum Gasteiger partial charge on any atom is 0.322 e. The fraction of sp³-hybridized carbons (Fsp3) is 0.538. The Morgan fingerprint density at radius 2 is 1.95 bits per heavy atom. The second-order valence-corrected chi connectivity index (χ2v) is 4.62. The smallest absolute Gasteiger partial charge is 0.322 e. The number of nitrogens with zero attached hydrogens (tertiary/aromatic N) is 5. The van der Waals surface area contributed by atoms with Gasteiger partial charge in [-0.1, -0.05) is 20.8 Å². The number of halogens is 1. The van der Waals surface area contributed by atoms with Crippen molar-refractivity contribution in [1.29, 1.82) is 0 Å². The Labute approximate surface area is 123 Å². The molecule has 2 aromatic rings. The first-order valence-electron chi connectivity index (χ1n) is 6.80. The molecule has 0 aliphatic carbocycles. The molecule has 108 valence electrons. The summed E-state index contributed by atoms with van der Waals surface area (Å²) in [5, 5.41) is 4.59. The molecule has 2 heterocycles. The largest absolute Gasteiger partial charge is 0.463 e.